The summed E-state index contributed by atoms with van der Waals surface area (Å²) in [5.74, 6) is -0.644. The molecule has 31 heavy (non-hydrogen) atoms. The molecule has 0 spiro atoms. The highest BCUT2D eigenvalue weighted by atomic mass is 32.1. The molecule has 0 fully saturated rings. The molecule has 2 N–H and O–H groups in total. The Morgan fingerprint density at radius 3 is 2.55 bits per heavy atom. The second-order valence-electron chi connectivity index (χ2n) is 7.05. The van der Waals surface area contributed by atoms with Crippen molar-refractivity contribution < 1.29 is 14.3 Å². The first-order valence-electron chi connectivity index (χ1n) is 10.1. The number of carbonyl (C=O) groups is 2. The molecule has 162 valence electrons. The fraction of sp³-hybridized carbons (Fsp3) is 0.304. The zero-order valence-electron chi connectivity index (χ0n) is 17.7. The third-order valence-electron chi connectivity index (χ3n) is 4.49. The number of hydrogen-bond donors (Lipinski definition) is 2. The predicted octanol–water partition coefficient (Wildman–Crippen LogP) is 3.74. The molecular formula is C23H26N4O3S. The van der Waals surface area contributed by atoms with E-state index in [1.54, 1.807) is 18.5 Å². The van der Waals surface area contributed by atoms with E-state index in [9.17, 15) is 9.59 Å². The molecule has 0 aliphatic heterocycles. The minimum Gasteiger partial charge on any atom is -0.362 e. The molecule has 0 aliphatic rings. The highest BCUT2D eigenvalue weighted by Gasteiger charge is 2.13. The molecule has 2 heterocycles. The summed E-state index contributed by atoms with van der Waals surface area (Å²) in [7, 11) is 0. The van der Waals surface area contributed by atoms with Crippen molar-refractivity contribution in [1.29, 1.82) is 0 Å². The minimum atomic E-state index is -0.348. The van der Waals surface area contributed by atoms with E-state index < -0.39 is 0 Å². The van der Waals surface area contributed by atoms with Crippen LogP contribution >= 0.6 is 11.3 Å². The van der Waals surface area contributed by atoms with Gasteiger partial charge in [0.1, 0.15) is 13.2 Å². The number of amides is 2. The molecule has 3 rings (SSSR count). The Morgan fingerprint density at radius 2 is 1.84 bits per heavy atom. The molecule has 2 aromatic heterocycles. The highest BCUT2D eigenvalue weighted by Crippen LogP contribution is 2.30. The zero-order chi connectivity index (χ0) is 22.1. The van der Waals surface area contributed by atoms with Crippen LogP contribution in [0.15, 0.2) is 48.8 Å². The number of nitrogens with one attached hydrogen (secondary N) is 2. The van der Waals surface area contributed by atoms with E-state index in [1.165, 1.54) is 16.9 Å². The summed E-state index contributed by atoms with van der Waals surface area (Å²) >= 11 is 1.41. The Balaban J connectivity index is 1.44. The molecule has 0 saturated carbocycles. The van der Waals surface area contributed by atoms with Crippen LogP contribution in [0.3, 0.4) is 0 Å². The fourth-order valence-electron chi connectivity index (χ4n) is 2.98. The number of carbonyl (C=O) groups excluding carboxylic acids is 2. The second kappa shape index (κ2) is 11.3. The Hall–Kier alpha value is -3.10. The lowest BCUT2D eigenvalue weighted by atomic mass is 10.1. The van der Waals surface area contributed by atoms with E-state index >= 15 is 0 Å². The standard InChI is InChI=1S/C23H26N4O3S/c1-3-5-17-7-9-19(10-8-17)22-16(2)31-23(27-22)26-21(29)15-30-14-20(28)25-13-18-6-4-11-24-12-18/h4,6-12H,3,5,13-15H2,1-2H3,(H,25,28)(H,26,27,29). The Kier molecular flexibility index (Phi) is 8.26. The topological polar surface area (TPSA) is 93.2 Å². The van der Waals surface area contributed by atoms with E-state index in [-0.39, 0.29) is 25.0 Å². The molecule has 0 bridgehead atoms. The molecular weight excluding hydrogens is 412 g/mol. The van der Waals surface area contributed by atoms with Crippen LogP contribution in [0.1, 0.15) is 29.3 Å². The van der Waals surface area contributed by atoms with E-state index in [2.05, 4.69) is 51.8 Å². The summed E-state index contributed by atoms with van der Waals surface area (Å²) in [4.78, 5) is 33.5. The van der Waals surface area contributed by atoms with Gasteiger partial charge in [0.05, 0.1) is 5.69 Å². The predicted molar refractivity (Wildman–Crippen MR) is 122 cm³/mol. The van der Waals surface area contributed by atoms with Crippen molar-refractivity contribution in [2.24, 2.45) is 0 Å². The summed E-state index contributed by atoms with van der Waals surface area (Å²) in [6.07, 6.45) is 5.51. The normalized spacial score (nSPS) is 10.6. The number of ether oxygens (including phenoxy) is 1. The van der Waals surface area contributed by atoms with E-state index in [0.717, 1.165) is 34.5 Å². The van der Waals surface area contributed by atoms with Gasteiger partial charge in [-0.1, -0.05) is 43.7 Å². The molecule has 0 atom stereocenters. The lowest BCUT2D eigenvalue weighted by Gasteiger charge is -2.06. The molecule has 8 heteroatoms. The number of hydrogen-bond acceptors (Lipinski definition) is 6. The lowest BCUT2D eigenvalue weighted by molar-refractivity contribution is -0.128. The van der Waals surface area contributed by atoms with Crippen molar-refractivity contribution in [1.82, 2.24) is 15.3 Å². The van der Waals surface area contributed by atoms with Gasteiger partial charge in [0.2, 0.25) is 5.91 Å². The largest absolute Gasteiger partial charge is 0.362 e. The Bertz CT molecular complexity index is 1000. The smallest absolute Gasteiger partial charge is 0.252 e. The van der Waals surface area contributed by atoms with Crippen molar-refractivity contribution in [3.63, 3.8) is 0 Å². The number of rotatable bonds is 10. The van der Waals surface area contributed by atoms with Crippen LogP contribution in [0.5, 0.6) is 0 Å². The quantitative estimate of drug-likeness (QED) is 0.503. The fourth-order valence-corrected chi connectivity index (χ4v) is 3.83. The maximum atomic E-state index is 12.1. The first kappa shape index (κ1) is 22.6. The summed E-state index contributed by atoms with van der Waals surface area (Å²) < 4.78 is 5.21. The Labute approximate surface area is 185 Å². The average Bonchev–Trinajstić information content (AvgIpc) is 3.13. The van der Waals surface area contributed by atoms with Gasteiger partial charge in [-0.25, -0.2) is 4.98 Å². The lowest BCUT2D eigenvalue weighted by Crippen LogP contribution is -2.29. The van der Waals surface area contributed by atoms with Crippen LogP contribution < -0.4 is 10.6 Å². The number of anilines is 1. The van der Waals surface area contributed by atoms with Gasteiger partial charge in [-0.05, 0) is 30.5 Å². The van der Waals surface area contributed by atoms with Crippen molar-refractivity contribution in [2.45, 2.75) is 33.2 Å². The molecule has 2 amide bonds. The van der Waals surface area contributed by atoms with Gasteiger partial charge in [-0.2, -0.15) is 0 Å². The summed E-state index contributed by atoms with van der Waals surface area (Å²) in [6, 6.07) is 12.0. The first-order valence-corrected chi connectivity index (χ1v) is 11.0. The summed E-state index contributed by atoms with van der Waals surface area (Å²) in [5.41, 5.74) is 4.08. The third kappa shape index (κ3) is 6.97. The molecule has 0 radical (unpaired) electrons. The van der Waals surface area contributed by atoms with Gasteiger partial charge in [0.15, 0.2) is 5.13 Å². The number of aryl methyl sites for hydroxylation is 2. The van der Waals surface area contributed by atoms with Gasteiger partial charge in [0.25, 0.3) is 5.91 Å². The van der Waals surface area contributed by atoms with Crippen LogP contribution in [0.2, 0.25) is 0 Å². The second-order valence-corrected chi connectivity index (χ2v) is 8.25. The maximum Gasteiger partial charge on any atom is 0.252 e. The zero-order valence-corrected chi connectivity index (χ0v) is 18.5. The summed E-state index contributed by atoms with van der Waals surface area (Å²) in [5, 5.41) is 5.97. The van der Waals surface area contributed by atoms with Gasteiger partial charge in [-0.3, -0.25) is 19.9 Å². The molecule has 7 nitrogen and oxygen atoms in total. The van der Waals surface area contributed by atoms with E-state index in [4.69, 9.17) is 4.74 Å². The van der Waals surface area contributed by atoms with Crippen molar-refractivity contribution in [2.75, 3.05) is 18.5 Å². The van der Waals surface area contributed by atoms with Crippen molar-refractivity contribution >= 4 is 28.3 Å². The van der Waals surface area contributed by atoms with Gasteiger partial charge in [-0.15, -0.1) is 11.3 Å². The molecule has 0 unspecified atom stereocenters. The van der Waals surface area contributed by atoms with Crippen molar-refractivity contribution in [3.8, 4) is 11.3 Å². The van der Waals surface area contributed by atoms with Crippen LogP contribution in [-0.4, -0.2) is 35.0 Å². The Morgan fingerprint density at radius 1 is 1.06 bits per heavy atom. The molecule has 1 aromatic carbocycles. The molecule has 0 aliphatic carbocycles. The number of thiazole rings is 1. The van der Waals surface area contributed by atoms with Gasteiger partial charge >= 0.3 is 0 Å². The molecule has 3 aromatic rings. The average molecular weight is 439 g/mol. The van der Waals surface area contributed by atoms with Crippen LogP contribution in [0.4, 0.5) is 5.13 Å². The van der Waals surface area contributed by atoms with Crippen LogP contribution in [0.25, 0.3) is 11.3 Å². The highest BCUT2D eigenvalue weighted by molar-refractivity contribution is 7.16. The summed E-state index contributed by atoms with van der Waals surface area (Å²) in [6.45, 7) is 4.08. The number of nitrogens with zero attached hydrogens (tertiary/aromatic N) is 2. The monoisotopic (exact) mass is 438 g/mol. The van der Waals surface area contributed by atoms with Crippen LogP contribution in [0, 0.1) is 6.92 Å². The first-order chi connectivity index (χ1) is 15.0. The molecule has 0 saturated heterocycles. The minimum absolute atomic E-state index is 0.195. The third-order valence-corrected chi connectivity index (χ3v) is 5.37. The maximum absolute atomic E-state index is 12.1. The van der Waals surface area contributed by atoms with E-state index in [1.807, 2.05) is 13.0 Å². The number of benzene rings is 1. The van der Waals surface area contributed by atoms with Crippen molar-refractivity contribution in [3.05, 3.63) is 64.8 Å². The van der Waals surface area contributed by atoms with E-state index in [0.29, 0.717) is 11.7 Å². The van der Waals surface area contributed by atoms with Gasteiger partial charge < -0.3 is 10.1 Å². The van der Waals surface area contributed by atoms with Gasteiger partial charge in [0, 0.05) is 29.4 Å². The van der Waals surface area contributed by atoms with Crippen LogP contribution in [-0.2, 0) is 27.3 Å². The number of pyridine rings is 1. The SMILES string of the molecule is CCCc1ccc(-c2nc(NC(=O)COCC(=O)NCc3cccnc3)sc2C)cc1. The number of aromatic nitrogens is 2.